The van der Waals surface area contributed by atoms with Crippen LogP contribution in [0.2, 0.25) is 5.02 Å². The van der Waals surface area contributed by atoms with Crippen molar-refractivity contribution in [2.24, 2.45) is 0 Å². The van der Waals surface area contributed by atoms with E-state index in [1.807, 2.05) is 19.1 Å². The number of aromatic amines is 1. The Labute approximate surface area is 159 Å². The SMILES string of the molecule is CCCCc1cc(CCCC)c(-c2ccc3n[nH]nc3c2Cl)c(C)c1O. The molecule has 0 radical (unpaired) electrons. The largest absolute Gasteiger partial charge is 0.507 e. The molecule has 3 aromatic rings. The zero-order valence-electron chi connectivity index (χ0n) is 15.7. The van der Waals surface area contributed by atoms with Crippen molar-refractivity contribution >= 4 is 22.6 Å². The number of nitrogens with zero attached hydrogens (tertiary/aromatic N) is 2. The van der Waals surface area contributed by atoms with Crippen molar-refractivity contribution in [3.8, 4) is 16.9 Å². The van der Waals surface area contributed by atoms with Crippen LogP contribution < -0.4 is 0 Å². The number of H-pyrrole nitrogens is 1. The van der Waals surface area contributed by atoms with Gasteiger partial charge in [-0.1, -0.05) is 50.4 Å². The normalized spacial score (nSPS) is 11.4. The maximum Gasteiger partial charge on any atom is 0.132 e. The first-order valence-corrected chi connectivity index (χ1v) is 9.79. The molecule has 4 nitrogen and oxygen atoms in total. The molecule has 26 heavy (non-hydrogen) atoms. The Morgan fingerprint density at radius 2 is 1.73 bits per heavy atom. The second-order valence-electron chi connectivity index (χ2n) is 6.87. The molecule has 2 aromatic carbocycles. The number of halogens is 1. The van der Waals surface area contributed by atoms with Gasteiger partial charge in [-0.25, -0.2) is 0 Å². The van der Waals surface area contributed by atoms with Gasteiger partial charge in [0.25, 0.3) is 0 Å². The van der Waals surface area contributed by atoms with Crippen molar-refractivity contribution in [2.75, 3.05) is 0 Å². The number of hydrogen-bond acceptors (Lipinski definition) is 3. The molecule has 1 heterocycles. The topological polar surface area (TPSA) is 61.8 Å². The van der Waals surface area contributed by atoms with E-state index in [2.05, 4.69) is 35.3 Å². The fourth-order valence-electron chi connectivity index (χ4n) is 3.52. The molecule has 0 bridgehead atoms. The summed E-state index contributed by atoms with van der Waals surface area (Å²) >= 11 is 6.67. The van der Waals surface area contributed by atoms with E-state index < -0.39 is 0 Å². The molecule has 0 spiro atoms. The Balaban J connectivity index is 2.20. The summed E-state index contributed by atoms with van der Waals surface area (Å²) in [4.78, 5) is 0. The van der Waals surface area contributed by atoms with E-state index in [9.17, 15) is 5.11 Å². The van der Waals surface area contributed by atoms with Gasteiger partial charge in [-0.3, -0.25) is 0 Å². The fraction of sp³-hybridized carbons (Fsp3) is 0.429. The molecule has 3 rings (SSSR count). The highest BCUT2D eigenvalue weighted by Crippen LogP contribution is 2.41. The molecule has 2 N–H and O–H groups in total. The molecule has 5 heteroatoms. The molecule has 0 saturated carbocycles. The van der Waals surface area contributed by atoms with E-state index in [1.54, 1.807) is 0 Å². The highest BCUT2D eigenvalue weighted by Gasteiger charge is 2.19. The summed E-state index contributed by atoms with van der Waals surface area (Å²) in [6.07, 6.45) is 6.29. The van der Waals surface area contributed by atoms with Crippen LogP contribution in [0.5, 0.6) is 5.75 Å². The van der Waals surface area contributed by atoms with Crippen LogP contribution in [-0.2, 0) is 12.8 Å². The summed E-state index contributed by atoms with van der Waals surface area (Å²) in [5.41, 5.74) is 6.54. The Bertz CT molecular complexity index is 917. The van der Waals surface area contributed by atoms with Crippen molar-refractivity contribution in [1.82, 2.24) is 15.4 Å². The van der Waals surface area contributed by atoms with Gasteiger partial charge in [0.2, 0.25) is 0 Å². The molecular weight excluding hydrogens is 346 g/mol. The van der Waals surface area contributed by atoms with Crippen LogP contribution in [0.3, 0.4) is 0 Å². The standard InChI is InChI=1S/C21H26ClN3O/c1-4-6-8-14-12-15(9-7-5-2)21(26)13(3)18(14)16-10-11-17-20(19(16)22)24-25-23-17/h10-12,26H,4-9H2,1-3H3,(H,23,24,25). The van der Waals surface area contributed by atoms with Gasteiger partial charge in [-0.05, 0) is 60.9 Å². The zero-order valence-corrected chi connectivity index (χ0v) is 16.5. The molecule has 138 valence electrons. The van der Waals surface area contributed by atoms with Gasteiger partial charge in [0, 0.05) is 5.56 Å². The van der Waals surface area contributed by atoms with Crippen molar-refractivity contribution < 1.29 is 5.11 Å². The number of nitrogens with one attached hydrogen (secondary N) is 1. The number of phenols is 1. The van der Waals surface area contributed by atoms with Crippen LogP contribution in [0.4, 0.5) is 0 Å². The lowest BCUT2D eigenvalue weighted by atomic mass is 9.88. The Hall–Kier alpha value is -2.07. The van der Waals surface area contributed by atoms with Gasteiger partial charge in [0.1, 0.15) is 16.8 Å². The quantitative estimate of drug-likeness (QED) is 0.537. The maximum absolute atomic E-state index is 10.8. The fourth-order valence-corrected chi connectivity index (χ4v) is 3.82. The molecule has 0 aliphatic carbocycles. The molecular formula is C21H26ClN3O. The molecule has 0 aliphatic rings. The lowest BCUT2D eigenvalue weighted by molar-refractivity contribution is 0.462. The van der Waals surface area contributed by atoms with E-state index in [0.717, 1.165) is 66.3 Å². The van der Waals surface area contributed by atoms with Crippen LogP contribution in [0, 0.1) is 6.92 Å². The monoisotopic (exact) mass is 371 g/mol. The average molecular weight is 372 g/mol. The third-order valence-electron chi connectivity index (χ3n) is 5.00. The second kappa shape index (κ2) is 8.09. The van der Waals surface area contributed by atoms with Crippen LogP contribution in [0.25, 0.3) is 22.2 Å². The molecule has 0 amide bonds. The van der Waals surface area contributed by atoms with Gasteiger partial charge < -0.3 is 5.11 Å². The summed E-state index contributed by atoms with van der Waals surface area (Å²) in [6, 6.07) is 6.08. The molecule has 0 aliphatic heterocycles. The van der Waals surface area contributed by atoms with E-state index in [4.69, 9.17) is 11.6 Å². The predicted molar refractivity (Wildman–Crippen MR) is 108 cm³/mol. The van der Waals surface area contributed by atoms with Crippen LogP contribution in [0.15, 0.2) is 18.2 Å². The van der Waals surface area contributed by atoms with Crippen LogP contribution in [0.1, 0.15) is 56.2 Å². The first-order chi connectivity index (χ1) is 12.6. The summed E-state index contributed by atoms with van der Waals surface area (Å²) in [5, 5.41) is 22.3. The number of hydrogen-bond donors (Lipinski definition) is 2. The van der Waals surface area contributed by atoms with Gasteiger partial charge in [-0.15, -0.1) is 0 Å². The summed E-state index contributed by atoms with van der Waals surface area (Å²) in [5.74, 6) is 0.394. The van der Waals surface area contributed by atoms with E-state index in [-0.39, 0.29) is 0 Å². The maximum atomic E-state index is 10.8. The Morgan fingerprint density at radius 3 is 2.42 bits per heavy atom. The number of rotatable bonds is 7. The third kappa shape index (κ3) is 3.43. The molecule has 0 atom stereocenters. The number of phenolic OH excluding ortho intramolecular Hbond substituents is 1. The number of aromatic nitrogens is 3. The number of fused-ring (bicyclic) bond motifs is 1. The van der Waals surface area contributed by atoms with Gasteiger partial charge >= 0.3 is 0 Å². The second-order valence-corrected chi connectivity index (χ2v) is 7.25. The number of aryl methyl sites for hydroxylation is 2. The number of unbranched alkanes of at least 4 members (excludes halogenated alkanes) is 2. The van der Waals surface area contributed by atoms with Crippen molar-refractivity contribution in [2.45, 2.75) is 59.3 Å². The van der Waals surface area contributed by atoms with Gasteiger partial charge in [0.05, 0.1) is 5.02 Å². The van der Waals surface area contributed by atoms with E-state index in [0.29, 0.717) is 16.3 Å². The first kappa shape index (κ1) is 18.7. The highest BCUT2D eigenvalue weighted by molar-refractivity contribution is 6.37. The predicted octanol–water partition coefficient (Wildman–Crippen LogP) is 5.98. The molecule has 0 unspecified atom stereocenters. The minimum Gasteiger partial charge on any atom is -0.507 e. The number of aromatic hydroxyl groups is 1. The minimum absolute atomic E-state index is 0.394. The van der Waals surface area contributed by atoms with Crippen molar-refractivity contribution in [3.63, 3.8) is 0 Å². The Kier molecular flexibility index (Phi) is 5.82. The van der Waals surface area contributed by atoms with Gasteiger partial charge in [-0.2, -0.15) is 15.4 Å². The highest BCUT2D eigenvalue weighted by atomic mass is 35.5. The van der Waals surface area contributed by atoms with E-state index >= 15 is 0 Å². The van der Waals surface area contributed by atoms with Crippen molar-refractivity contribution in [1.29, 1.82) is 0 Å². The smallest absolute Gasteiger partial charge is 0.132 e. The third-order valence-corrected chi connectivity index (χ3v) is 5.38. The lowest BCUT2D eigenvalue weighted by Gasteiger charge is -2.19. The van der Waals surface area contributed by atoms with Crippen LogP contribution >= 0.6 is 11.6 Å². The lowest BCUT2D eigenvalue weighted by Crippen LogP contribution is -1.99. The van der Waals surface area contributed by atoms with Gasteiger partial charge in [0.15, 0.2) is 0 Å². The van der Waals surface area contributed by atoms with Crippen LogP contribution in [-0.4, -0.2) is 20.5 Å². The van der Waals surface area contributed by atoms with E-state index in [1.165, 1.54) is 5.56 Å². The first-order valence-electron chi connectivity index (χ1n) is 9.42. The molecule has 1 aromatic heterocycles. The summed E-state index contributed by atoms with van der Waals surface area (Å²) < 4.78 is 0. The molecule has 0 fully saturated rings. The summed E-state index contributed by atoms with van der Waals surface area (Å²) in [6.45, 7) is 6.35. The average Bonchev–Trinajstić information content (AvgIpc) is 3.12. The minimum atomic E-state index is 0.394. The molecule has 0 saturated heterocycles. The summed E-state index contributed by atoms with van der Waals surface area (Å²) in [7, 11) is 0. The van der Waals surface area contributed by atoms with Crippen molar-refractivity contribution in [3.05, 3.63) is 39.9 Å². The Morgan fingerprint density at radius 1 is 1.04 bits per heavy atom. The zero-order chi connectivity index (χ0) is 18.7. The number of benzene rings is 2.